The van der Waals surface area contributed by atoms with Crippen molar-refractivity contribution in [2.75, 3.05) is 38.7 Å². The van der Waals surface area contributed by atoms with Crippen molar-refractivity contribution in [2.24, 2.45) is 0 Å². The maximum atomic E-state index is 12.8. The molecule has 2 heterocycles. The van der Waals surface area contributed by atoms with Gasteiger partial charge in [-0.25, -0.2) is 8.42 Å². The fourth-order valence-electron chi connectivity index (χ4n) is 2.82. The number of benzene rings is 1. The summed E-state index contributed by atoms with van der Waals surface area (Å²) in [7, 11) is -2.43. The second-order valence-electron chi connectivity index (χ2n) is 6.10. The van der Waals surface area contributed by atoms with Crippen LogP contribution in [-0.4, -0.2) is 56.6 Å². The van der Waals surface area contributed by atoms with Crippen molar-refractivity contribution in [3.8, 4) is 5.75 Å². The monoisotopic (exact) mass is 407 g/mol. The van der Waals surface area contributed by atoms with E-state index in [1.165, 1.54) is 29.7 Å². The van der Waals surface area contributed by atoms with Crippen LogP contribution in [-0.2, 0) is 26.1 Å². The lowest BCUT2D eigenvalue weighted by Gasteiger charge is -2.25. The molecule has 9 nitrogen and oxygen atoms in total. The zero-order chi connectivity index (χ0) is 20.1. The van der Waals surface area contributed by atoms with Crippen LogP contribution in [0.5, 0.6) is 5.75 Å². The Morgan fingerprint density at radius 1 is 1.21 bits per heavy atom. The van der Waals surface area contributed by atoms with Gasteiger partial charge in [-0.05, 0) is 24.3 Å². The molecule has 0 spiro atoms. The molecule has 0 unspecified atom stereocenters. The van der Waals surface area contributed by atoms with Crippen LogP contribution in [0.2, 0.25) is 0 Å². The first kappa shape index (κ1) is 20.1. The minimum atomic E-state index is -3.95. The first-order valence-electron chi connectivity index (χ1n) is 8.63. The number of carbonyl (C=O) groups excluding carboxylic acids is 1. The minimum Gasteiger partial charge on any atom is -0.497 e. The average Bonchev–Trinajstić information content (AvgIpc) is 2.70. The number of morpholine rings is 1. The molecule has 0 aliphatic carbocycles. The number of nitrogens with one attached hydrogen (secondary N) is 1. The molecule has 1 aromatic heterocycles. The predicted octanol–water partition coefficient (Wildman–Crippen LogP) is 0.516. The van der Waals surface area contributed by atoms with Crippen molar-refractivity contribution in [2.45, 2.75) is 11.4 Å². The van der Waals surface area contributed by atoms with Gasteiger partial charge < -0.3 is 19.4 Å². The van der Waals surface area contributed by atoms with E-state index in [1.54, 1.807) is 24.3 Å². The first-order valence-corrected chi connectivity index (χ1v) is 10.1. The highest BCUT2D eigenvalue weighted by Gasteiger charge is 2.29. The summed E-state index contributed by atoms with van der Waals surface area (Å²) in [6.45, 7) is 0.620. The lowest BCUT2D eigenvalue weighted by Crippen LogP contribution is -2.43. The number of methoxy groups -OCH3 is 1. The van der Waals surface area contributed by atoms with Crippen LogP contribution in [0.15, 0.2) is 52.3 Å². The Morgan fingerprint density at radius 3 is 2.68 bits per heavy atom. The highest BCUT2D eigenvalue weighted by atomic mass is 32.2. The normalized spacial score (nSPS) is 15.2. The van der Waals surface area contributed by atoms with E-state index in [-0.39, 0.29) is 37.7 Å². The lowest BCUT2D eigenvalue weighted by molar-refractivity contribution is -0.116. The number of carbonyl (C=O) groups is 1. The molecule has 0 atom stereocenters. The maximum Gasteiger partial charge on any atom is 0.271 e. The largest absolute Gasteiger partial charge is 0.497 e. The van der Waals surface area contributed by atoms with Crippen LogP contribution in [0.25, 0.3) is 0 Å². The molecule has 1 saturated heterocycles. The lowest BCUT2D eigenvalue weighted by atomic mass is 10.3. The quantitative estimate of drug-likeness (QED) is 0.748. The number of ether oxygens (including phenoxy) is 2. The molecule has 1 aliphatic heterocycles. The number of amides is 1. The van der Waals surface area contributed by atoms with Crippen LogP contribution in [0.4, 0.5) is 5.69 Å². The van der Waals surface area contributed by atoms with Gasteiger partial charge in [0.15, 0.2) is 0 Å². The van der Waals surface area contributed by atoms with Gasteiger partial charge in [-0.15, -0.1) is 0 Å². The summed E-state index contributed by atoms with van der Waals surface area (Å²) in [5.74, 6) is 0.116. The van der Waals surface area contributed by atoms with Crippen molar-refractivity contribution in [1.29, 1.82) is 0 Å². The highest BCUT2D eigenvalue weighted by molar-refractivity contribution is 7.89. The third-order valence-electron chi connectivity index (χ3n) is 4.24. The van der Waals surface area contributed by atoms with E-state index in [9.17, 15) is 18.0 Å². The van der Waals surface area contributed by atoms with Gasteiger partial charge in [0.1, 0.15) is 17.2 Å². The van der Waals surface area contributed by atoms with E-state index < -0.39 is 21.5 Å². The fourth-order valence-corrected chi connectivity index (χ4v) is 4.31. The van der Waals surface area contributed by atoms with Crippen molar-refractivity contribution < 1.29 is 22.7 Å². The van der Waals surface area contributed by atoms with E-state index in [2.05, 4.69) is 5.32 Å². The topological polar surface area (TPSA) is 107 Å². The molecule has 1 aliphatic rings. The molecule has 3 rings (SSSR count). The van der Waals surface area contributed by atoms with Gasteiger partial charge in [0, 0.05) is 31.0 Å². The number of pyridine rings is 1. The van der Waals surface area contributed by atoms with E-state index >= 15 is 0 Å². The molecule has 1 aromatic carbocycles. The second-order valence-corrected chi connectivity index (χ2v) is 8.01. The molecule has 150 valence electrons. The Kier molecular flexibility index (Phi) is 6.12. The molecule has 0 bridgehead atoms. The first-order chi connectivity index (χ1) is 13.4. The van der Waals surface area contributed by atoms with Gasteiger partial charge in [-0.2, -0.15) is 4.31 Å². The summed E-state index contributed by atoms with van der Waals surface area (Å²) in [4.78, 5) is 24.6. The Labute approximate surface area is 162 Å². The number of hydrogen-bond donors (Lipinski definition) is 1. The summed E-state index contributed by atoms with van der Waals surface area (Å²) in [6, 6.07) is 9.47. The number of anilines is 1. The summed E-state index contributed by atoms with van der Waals surface area (Å²) in [5, 5.41) is 2.66. The second kappa shape index (κ2) is 8.55. The van der Waals surface area contributed by atoms with Gasteiger partial charge >= 0.3 is 0 Å². The number of rotatable bonds is 6. The Morgan fingerprint density at radius 2 is 1.96 bits per heavy atom. The van der Waals surface area contributed by atoms with Crippen LogP contribution in [0.1, 0.15) is 0 Å². The zero-order valence-electron chi connectivity index (χ0n) is 15.3. The average molecular weight is 407 g/mol. The third-order valence-corrected chi connectivity index (χ3v) is 6.15. The standard InChI is InChI=1S/C18H21N3O6S/c1-26-15-5-2-4-14(12-15)19-17(22)13-20-7-3-6-16(18(20)23)28(24,25)21-8-10-27-11-9-21/h2-7,12H,8-11,13H2,1H3,(H,19,22). The molecule has 1 N–H and O–H groups in total. The van der Waals surface area contributed by atoms with Crippen molar-refractivity contribution in [3.05, 3.63) is 52.9 Å². The summed E-state index contributed by atoms with van der Waals surface area (Å²) in [5.41, 5.74) is -0.232. The van der Waals surface area contributed by atoms with E-state index in [1.807, 2.05) is 0 Å². The number of sulfonamides is 1. The van der Waals surface area contributed by atoms with Gasteiger partial charge in [0.05, 0.1) is 20.3 Å². The molecule has 2 aromatic rings. The summed E-state index contributed by atoms with van der Waals surface area (Å²) < 4.78 is 38.0. The highest BCUT2D eigenvalue weighted by Crippen LogP contribution is 2.17. The van der Waals surface area contributed by atoms with Crippen LogP contribution in [0, 0.1) is 0 Å². The zero-order valence-corrected chi connectivity index (χ0v) is 16.1. The van der Waals surface area contributed by atoms with Gasteiger partial charge in [-0.1, -0.05) is 6.07 Å². The number of aromatic nitrogens is 1. The Balaban J connectivity index is 1.79. The Hall–Kier alpha value is -2.69. The Bertz CT molecular complexity index is 1010. The van der Waals surface area contributed by atoms with Crippen molar-refractivity contribution >= 4 is 21.6 Å². The molecule has 10 heteroatoms. The number of hydrogen-bond acceptors (Lipinski definition) is 6. The molecule has 0 radical (unpaired) electrons. The summed E-state index contributed by atoms with van der Waals surface area (Å²) in [6.07, 6.45) is 1.38. The molecular formula is C18H21N3O6S. The van der Waals surface area contributed by atoms with E-state index in [0.29, 0.717) is 11.4 Å². The molecule has 1 fully saturated rings. The molecule has 1 amide bonds. The molecule has 28 heavy (non-hydrogen) atoms. The van der Waals surface area contributed by atoms with Gasteiger partial charge in [0.2, 0.25) is 15.9 Å². The van der Waals surface area contributed by atoms with Crippen LogP contribution in [0.3, 0.4) is 0 Å². The van der Waals surface area contributed by atoms with Crippen LogP contribution >= 0.6 is 0 Å². The predicted molar refractivity (Wildman–Crippen MR) is 102 cm³/mol. The third kappa shape index (κ3) is 4.41. The maximum absolute atomic E-state index is 12.8. The van der Waals surface area contributed by atoms with Gasteiger partial charge in [0.25, 0.3) is 5.56 Å². The van der Waals surface area contributed by atoms with Crippen molar-refractivity contribution in [3.63, 3.8) is 0 Å². The SMILES string of the molecule is COc1cccc(NC(=O)Cn2cccc(S(=O)(=O)N3CCOCC3)c2=O)c1. The van der Waals surface area contributed by atoms with E-state index in [4.69, 9.17) is 9.47 Å². The molecule has 0 saturated carbocycles. The fraction of sp³-hybridized carbons (Fsp3) is 0.333. The van der Waals surface area contributed by atoms with Crippen LogP contribution < -0.4 is 15.6 Å². The van der Waals surface area contributed by atoms with Crippen molar-refractivity contribution in [1.82, 2.24) is 8.87 Å². The minimum absolute atomic E-state index is 0.187. The summed E-state index contributed by atoms with van der Waals surface area (Å²) >= 11 is 0. The smallest absolute Gasteiger partial charge is 0.271 e. The number of nitrogens with zero attached hydrogens (tertiary/aromatic N) is 2. The van der Waals surface area contributed by atoms with Gasteiger partial charge in [-0.3, -0.25) is 9.59 Å². The van der Waals surface area contributed by atoms with E-state index in [0.717, 1.165) is 4.57 Å². The molecular weight excluding hydrogens is 386 g/mol.